The van der Waals surface area contributed by atoms with Crippen LogP contribution in [0.3, 0.4) is 0 Å². The second-order valence-electron chi connectivity index (χ2n) is 10.4. The molecule has 9 nitrogen and oxygen atoms in total. The quantitative estimate of drug-likeness (QED) is 0.388. The zero-order valence-electron chi connectivity index (χ0n) is 22.9. The van der Waals surface area contributed by atoms with Gasteiger partial charge in [0.05, 0.1) is 18.0 Å². The normalized spacial score (nSPS) is 20.2. The van der Waals surface area contributed by atoms with E-state index in [0.717, 1.165) is 50.8 Å². The van der Waals surface area contributed by atoms with Crippen molar-refractivity contribution in [2.75, 3.05) is 31.7 Å². The predicted molar refractivity (Wildman–Crippen MR) is 150 cm³/mol. The molecule has 0 radical (unpaired) electrons. The Labute approximate surface area is 231 Å². The van der Waals surface area contributed by atoms with Gasteiger partial charge in [0.15, 0.2) is 0 Å². The SMILES string of the molecule is COc1cc(C)c(S(=O)(=O)N2CCCCC2COc2ccnc(N3CCCC3Cc3ccccn3)n2)c(C)c1. The Morgan fingerprint density at radius 2 is 1.74 bits per heavy atom. The summed E-state index contributed by atoms with van der Waals surface area (Å²) in [6.07, 6.45) is 9.04. The second kappa shape index (κ2) is 11.9. The van der Waals surface area contributed by atoms with E-state index < -0.39 is 10.0 Å². The van der Waals surface area contributed by atoms with E-state index in [1.807, 2.05) is 32.2 Å². The maximum Gasteiger partial charge on any atom is 0.243 e. The fourth-order valence-corrected chi connectivity index (χ4v) is 7.91. The fraction of sp³-hybridized carbons (Fsp3) is 0.483. The van der Waals surface area contributed by atoms with Gasteiger partial charge in [0.2, 0.25) is 21.9 Å². The number of sulfonamides is 1. The van der Waals surface area contributed by atoms with Gasteiger partial charge in [-0.2, -0.15) is 9.29 Å². The molecular formula is C29H37N5O4S. The molecule has 0 bridgehead atoms. The van der Waals surface area contributed by atoms with Crippen molar-refractivity contribution in [1.29, 1.82) is 0 Å². The molecule has 2 atom stereocenters. The lowest BCUT2D eigenvalue weighted by atomic mass is 10.1. The van der Waals surface area contributed by atoms with Crippen LogP contribution in [0.2, 0.25) is 0 Å². The van der Waals surface area contributed by atoms with E-state index >= 15 is 0 Å². The van der Waals surface area contributed by atoms with Crippen LogP contribution in [0.25, 0.3) is 0 Å². The Kier molecular flexibility index (Phi) is 8.32. The van der Waals surface area contributed by atoms with Gasteiger partial charge >= 0.3 is 0 Å². The lowest BCUT2D eigenvalue weighted by molar-refractivity contribution is 0.165. The molecule has 4 heterocycles. The van der Waals surface area contributed by atoms with Gasteiger partial charge in [0.25, 0.3) is 0 Å². The molecule has 0 amide bonds. The molecule has 3 aromatic rings. The lowest BCUT2D eigenvalue weighted by Gasteiger charge is -2.35. The van der Waals surface area contributed by atoms with Crippen LogP contribution < -0.4 is 14.4 Å². The number of hydrogen-bond donors (Lipinski definition) is 0. The van der Waals surface area contributed by atoms with Crippen LogP contribution in [-0.4, -0.2) is 66.6 Å². The second-order valence-corrected chi connectivity index (χ2v) is 12.2. The van der Waals surface area contributed by atoms with E-state index in [0.29, 0.717) is 40.1 Å². The molecule has 2 unspecified atom stereocenters. The molecule has 0 aliphatic carbocycles. The highest BCUT2D eigenvalue weighted by Crippen LogP contribution is 2.32. The van der Waals surface area contributed by atoms with Gasteiger partial charge in [-0.1, -0.05) is 12.5 Å². The average Bonchev–Trinajstić information content (AvgIpc) is 3.40. The molecule has 0 N–H and O–H groups in total. The first-order valence-electron chi connectivity index (χ1n) is 13.7. The highest BCUT2D eigenvalue weighted by Gasteiger charge is 2.36. The van der Waals surface area contributed by atoms with Crippen molar-refractivity contribution in [1.82, 2.24) is 19.3 Å². The third-order valence-corrected chi connectivity index (χ3v) is 9.91. The van der Waals surface area contributed by atoms with E-state index in [9.17, 15) is 8.42 Å². The minimum absolute atomic E-state index is 0.237. The smallest absolute Gasteiger partial charge is 0.243 e. The highest BCUT2D eigenvalue weighted by atomic mass is 32.2. The van der Waals surface area contributed by atoms with Crippen molar-refractivity contribution in [3.05, 3.63) is 65.6 Å². The monoisotopic (exact) mass is 551 g/mol. The topological polar surface area (TPSA) is 97.8 Å². The first kappa shape index (κ1) is 27.3. The predicted octanol–water partition coefficient (Wildman–Crippen LogP) is 4.33. The van der Waals surface area contributed by atoms with Gasteiger partial charge in [-0.3, -0.25) is 4.98 Å². The molecule has 2 aromatic heterocycles. The minimum atomic E-state index is -3.71. The van der Waals surface area contributed by atoms with Crippen molar-refractivity contribution in [2.24, 2.45) is 0 Å². The van der Waals surface area contributed by atoms with E-state index in [-0.39, 0.29) is 18.7 Å². The van der Waals surface area contributed by atoms with Gasteiger partial charge in [0, 0.05) is 49.7 Å². The van der Waals surface area contributed by atoms with Gasteiger partial charge in [-0.05, 0) is 74.9 Å². The number of anilines is 1. The highest BCUT2D eigenvalue weighted by molar-refractivity contribution is 7.89. The van der Waals surface area contributed by atoms with Gasteiger partial charge in [-0.15, -0.1) is 0 Å². The number of ether oxygens (including phenoxy) is 2. The van der Waals surface area contributed by atoms with Gasteiger partial charge in [-0.25, -0.2) is 13.4 Å². The molecule has 0 saturated carbocycles. The maximum atomic E-state index is 13.9. The van der Waals surface area contributed by atoms with Crippen molar-refractivity contribution in [3.8, 4) is 11.6 Å². The first-order chi connectivity index (χ1) is 18.9. The van der Waals surface area contributed by atoms with E-state index in [1.54, 1.807) is 35.8 Å². The summed E-state index contributed by atoms with van der Waals surface area (Å²) in [6.45, 7) is 5.23. The van der Waals surface area contributed by atoms with Crippen LogP contribution >= 0.6 is 0 Å². The summed E-state index contributed by atoms with van der Waals surface area (Å²) >= 11 is 0. The summed E-state index contributed by atoms with van der Waals surface area (Å²) < 4.78 is 40.8. The molecule has 39 heavy (non-hydrogen) atoms. The van der Waals surface area contributed by atoms with E-state index in [2.05, 4.69) is 20.9 Å². The third kappa shape index (κ3) is 6.01. The number of aryl methyl sites for hydroxylation is 2. The maximum absolute atomic E-state index is 13.9. The van der Waals surface area contributed by atoms with Gasteiger partial charge < -0.3 is 14.4 Å². The molecule has 10 heteroatoms. The van der Waals surface area contributed by atoms with Crippen LogP contribution in [0.1, 0.15) is 48.9 Å². The molecule has 1 aromatic carbocycles. The lowest BCUT2D eigenvalue weighted by Crippen LogP contribution is -2.47. The average molecular weight is 552 g/mol. The standard InChI is InChI=1S/C29H37N5O4S/c1-21-17-26(37-3)18-22(2)28(21)39(35,36)34-16-7-5-10-25(34)20-38-27-12-14-31-29(32-27)33-15-8-11-24(33)19-23-9-4-6-13-30-23/h4,6,9,12-14,17-18,24-25H,5,7-8,10-11,15-16,19-20H2,1-3H3. The molecule has 0 spiro atoms. The largest absolute Gasteiger partial charge is 0.497 e. The summed E-state index contributed by atoms with van der Waals surface area (Å²) in [6, 6.07) is 11.3. The van der Waals surface area contributed by atoms with E-state index in [1.165, 1.54) is 0 Å². The number of methoxy groups -OCH3 is 1. The van der Waals surface area contributed by atoms with Crippen LogP contribution in [-0.2, 0) is 16.4 Å². The van der Waals surface area contributed by atoms with Crippen LogP contribution in [0.15, 0.2) is 53.7 Å². The minimum Gasteiger partial charge on any atom is -0.497 e. The number of pyridine rings is 1. The number of piperidine rings is 1. The zero-order valence-corrected chi connectivity index (χ0v) is 23.7. The Hall–Kier alpha value is -3.24. The molecule has 208 valence electrons. The number of rotatable bonds is 9. The van der Waals surface area contributed by atoms with Crippen LogP contribution in [0, 0.1) is 13.8 Å². The molecule has 2 aliphatic heterocycles. The van der Waals surface area contributed by atoms with Crippen molar-refractivity contribution in [3.63, 3.8) is 0 Å². The Bertz CT molecular complexity index is 1360. The number of hydrogen-bond acceptors (Lipinski definition) is 8. The Morgan fingerprint density at radius 1 is 0.949 bits per heavy atom. The summed E-state index contributed by atoms with van der Waals surface area (Å²) in [4.78, 5) is 16.3. The van der Waals surface area contributed by atoms with E-state index in [4.69, 9.17) is 14.5 Å². The molecule has 2 saturated heterocycles. The summed E-state index contributed by atoms with van der Waals surface area (Å²) in [5, 5.41) is 0. The summed E-state index contributed by atoms with van der Waals surface area (Å²) in [7, 11) is -2.12. The van der Waals surface area contributed by atoms with Crippen molar-refractivity contribution < 1.29 is 17.9 Å². The van der Waals surface area contributed by atoms with Crippen molar-refractivity contribution >= 4 is 16.0 Å². The Morgan fingerprint density at radius 3 is 2.49 bits per heavy atom. The summed E-state index contributed by atoms with van der Waals surface area (Å²) in [5.41, 5.74) is 2.43. The molecule has 2 fully saturated rings. The molecular weight excluding hydrogens is 514 g/mol. The zero-order chi connectivity index (χ0) is 27.4. The van der Waals surface area contributed by atoms with Crippen LogP contribution in [0.5, 0.6) is 11.6 Å². The third-order valence-electron chi connectivity index (χ3n) is 7.66. The van der Waals surface area contributed by atoms with Crippen LogP contribution in [0.4, 0.5) is 5.95 Å². The number of aromatic nitrogens is 3. The van der Waals surface area contributed by atoms with Gasteiger partial charge in [0.1, 0.15) is 12.4 Å². The summed E-state index contributed by atoms with van der Waals surface area (Å²) in [5.74, 6) is 1.76. The Balaban J connectivity index is 1.30. The first-order valence-corrected chi connectivity index (χ1v) is 15.1. The number of benzene rings is 1. The molecule has 5 rings (SSSR count). The number of nitrogens with zero attached hydrogens (tertiary/aromatic N) is 5. The molecule has 2 aliphatic rings. The van der Waals surface area contributed by atoms with Crippen molar-refractivity contribution in [2.45, 2.75) is 69.4 Å². The fourth-order valence-electron chi connectivity index (χ4n) is 5.81.